The molecule has 0 saturated carbocycles. The second-order valence-corrected chi connectivity index (χ2v) is 4.53. The minimum Gasteiger partial charge on any atom is -0.382 e. The third-order valence-electron chi connectivity index (χ3n) is 2.12. The van der Waals surface area contributed by atoms with Crippen molar-refractivity contribution in [1.82, 2.24) is 0 Å². The topological polar surface area (TPSA) is 75.6 Å². The summed E-state index contributed by atoms with van der Waals surface area (Å²) in [4.78, 5) is 0. The molecule has 0 amide bonds. The average Bonchev–Trinajstić information content (AvgIpc) is 2.14. The predicted molar refractivity (Wildman–Crippen MR) is 61.9 cm³/mol. The molecule has 0 aliphatic heterocycles. The van der Waals surface area contributed by atoms with Crippen LogP contribution in [-0.2, 0) is 14.6 Å². The van der Waals surface area contributed by atoms with E-state index in [1.54, 1.807) is 0 Å². The van der Waals surface area contributed by atoms with E-state index in [-0.39, 0.29) is 6.61 Å². The van der Waals surface area contributed by atoms with Gasteiger partial charge in [-0.25, -0.2) is 4.18 Å². The van der Waals surface area contributed by atoms with Crippen molar-refractivity contribution < 1.29 is 17.2 Å². The highest BCUT2D eigenvalue weighted by Gasteiger charge is 2.04. The van der Waals surface area contributed by atoms with Crippen LogP contribution in [0.5, 0.6) is 0 Å². The van der Waals surface area contributed by atoms with Crippen molar-refractivity contribution in [3.8, 4) is 0 Å². The third-order valence-corrected chi connectivity index (χ3v) is 2.58. The average molecular weight is 245 g/mol. The Morgan fingerprint density at radius 2 is 1.88 bits per heavy atom. The molecular formula is C10H15NO4S. The van der Waals surface area contributed by atoms with Crippen molar-refractivity contribution in [2.24, 2.45) is 0 Å². The summed E-state index contributed by atoms with van der Waals surface area (Å²) < 4.78 is 33.1. The summed E-state index contributed by atoms with van der Waals surface area (Å²) in [7, 11) is -4.34. The van der Waals surface area contributed by atoms with Gasteiger partial charge in [0.2, 0.25) is 0 Å². The molecule has 1 aromatic rings. The van der Waals surface area contributed by atoms with Crippen LogP contribution in [0.15, 0.2) is 18.2 Å². The molecule has 0 aliphatic carbocycles. The highest BCUT2D eigenvalue weighted by atomic mass is 32.3. The molecule has 90 valence electrons. The number of hydrogen-bond donors (Lipinski definition) is 2. The van der Waals surface area contributed by atoms with Crippen LogP contribution in [0.1, 0.15) is 11.1 Å². The van der Waals surface area contributed by atoms with Gasteiger partial charge in [0.1, 0.15) is 0 Å². The first-order chi connectivity index (χ1) is 7.40. The van der Waals surface area contributed by atoms with Gasteiger partial charge in [-0.2, -0.15) is 8.42 Å². The Morgan fingerprint density at radius 3 is 2.38 bits per heavy atom. The molecule has 0 saturated heterocycles. The zero-order chi connectivity index (χ0) is 12.2. The Morgan fingerprint density at radius 1 is 1.31 bits per heavy atom. The zero-order valence-electron chi connectivity index (χ0n) is 9.23. The maximum Gasteiger partial charge on any atom is 0.397 e. The lowest BCUT2D eigenvalue weighted by atomic mass is 10.1. The van der Waals surface area contributed by atoms with Crippen molar-refractivity contribution in [3.63, 3.8) is 0 Å². The van der Waals surface area contributed by atoms with Crippen LogP contribution in [0.4, 0.5) is 5.69 Å². The Labute approximate surface area is 95.4 Å². The van der Waals surface area contributed by atoms with Crippen molar-refractivity contribution in [2.75, 3.05) is 18.5 Å². The van der Waals surface area contributed by atoms with Crippen LogP contribution >= 0.6 is 0 Å². The summed E-state index contributed by atoms with van der Waals surface area (Å²) in [6, 6.07) is 5.86. The Hall–Kier alpha value is -1.11. The molecule has 1 rings (SSSR count). The molecule has 2 N–H and O–H groups in total. The van der Waals surface area contributed by atoms with Crippen LogP contribution in [0.2, 0.25) is 0 Å². The Balaban J connectivity index is 2.49. The van der Waals surface area contributed by atoms with Gasteiger partial charge in [-0.3, -0.25) is 4.55 Å². The van der Waals surface area contributed by atoms with Gasteiger partial charge >= 0.3 is 10.4 Å². The van der Waals surface area contributed by atoms with Crippen molar-refractivity contribution in [1.29, 1.82) is 0 Å². The first-order valence-electron chi connectivity index (χ1n) is 4.82. The van der Waals surface area contributed by atoms with Crippen LogP contribution < -0.4 is 5.32 Å². The van der Waals surface area contributed by atoms with Crippen molar-refractivity contribution in [3.05, 3.63) is 29.3 Å². The van der Waals surface area contributed by atoms with Gasteiger partial charge in [0.25, 0.3) is 0 Å². The van der Waals surface area contributed by atoms with E-state index in [2.05, 4.69) is 9.50 Å². The number of hydrogen-bond acceptors (Lipinski definition) is 4. The van der Waals surface area contributed by atoms with E-state index in [4.69, 9.17) is 4.55 Å². The van der Waals surface area contributed by atoms with Crippen LogP contribution in [0, 0.1) is 13.8 Å². The van der Waals surface area contributed by atoms with E-state index in [1.165, 1.54) is 0 Å². The number of aryl methyl sites for hydroxylation is 2. The predicted octanol–water partition coefficient (Wildman–Crippen LogP) is 1.53. The zero-order valence-corrected chi connectivity index (χ0v) is 10.0. The lowest BCUT2D eigenvalue weighted by Crippen LogP contribution is -2.14. The highest BCUT2D eigenvalue weighted by Crippen LogP contribution is 2.18. The molecule has 0 radical (unpaired) electrons. The standard InChI is InChI=1S/C10H15NO4S/c1-8-4-3-5-9(2)10(8)11-6-7-15-16(12,13)14/h3-5,11H,6-7H2,1-2H3,(H,12,13,14). The quantitative estimate of drug-likeness (QED) is 0.608. The summed E-state index contributed by atoms with van der Waals surface area (Å²) in [5, 5.41) is 3.05. The maximum atomic E-state index is 10.3. The summed E-state index contributed by atoms with van der Waals surface area (Å²) >= 11 is 0. The monoisotopic (exact) mass is 245 g/mol. The number of nitrogens with one attached hydrogen (secondary N) is 1. The molecule has 0 unspecified atom stereocenters. The van der Waals surface area contributed by atoms with Gasteiger partial charge < -0.3 is 5.32 Å². The summed E-state index contributed by atoms with van der Waals surface area (Å²) in [6.07, 6.45) is 0. The van der Waals surface area contributed by atoms with E-state index in [0.717, 1.165) is 16.8 Å². The second-order valence-electron chi connectivity index (χ2n) is 3.44. The molecule has 1 aromatic carbocycles. The van der Waals surface area contributed by atoms with Crippen LogP contribution in [-0.4, -0.2) is 26.1 Å². The van der Waals surface area contributed by atoms with Gasteiger partial charge in [0.15, 0.2) is 0 Å². The Kier molecular flexibility index (Phi) is 4.28. The normalized spacial score (nSPS) is 11.4. The fourth-order valence-corrected chi connectivity index (χ4v) is 1.71. The second kappa shape index (κ2) is 5.29. The summed E-state index contributed by atoms with van der Waals surface area (Å²) in [6.45, 7) is 4.12. The van der Waals surface area contributed by atoms with Gasteiger partial charge in [-0.05, 0) is 25.0 Å². The number of rotatable bonds is 5. The molecule has 0 bridgehead atoms. The fourth-order valence-electron chi connectivity index (χ4n) is 1.42. The molecular weight excluding hydrogens is 230 g/mol. The molecule has 0 aliphatic rings. The first-order valence-corrected chi connectivity index (χ1v) is 6.18. The molecule has 5 nitrogen and oxygen atoms in total. The smallest absolute Gasteiger partial charge is 0.382 e. The fraction of sp³-hybridized carbons (Fsp3) is 0.400. The van der Waals surface area contributed by atoms with E-state index in [0.29, 0.717) is 6.54 Å². The number of benzene rings is 1. The SMILES string of the molecule is Cc1cccc(C)c1NCCOS(=O)(=O)O. The number of anilines is 1. The largest absolute Gasteiger partial charge is 0.397 e. The molecule has 16 heavy (non-hydrogen) atoms. The first kappa shape index (κ1) is 13.0. The van der Waals surface area contributed by atoms with E-state index < -0.39 is 10.4 Å². The minimum absolute atomic E-state index is 0.105. The highest BCUT2D eigenvalue weighted by molar-refractivity contribution is 7.80. The molecule has 0 aromatic heterocycles. The lowest BCUT2D eigenvalue weighted by molar-refractivity contribution is 0.278. The van der Waals surface area contributed by atoms with Gasteiger partial charge in [-0.15, -0.1) is 0 Å². The maximum absolute atomic E-state index is 10.3. The molecule has 0 spiro atoms. The summed E-state index contributed by atoms with van der Waals surface area (Å²) in [5.41, 5.74) is 3.11. The van der Waals surface area contributed by atoms with E-state index in [9.17, 15) is 8.42 Å². The van der Waals surface area contributed by atoms with E-state index in [1.807, 2.05) is 32.0 Å². The Bertz CT molecular complexity index is 436. The number of para-hydroxylation sites is 1. The minimum atomic E-state index is -4.34. The van der Waals surface area contributed by atoms with Crippen LogP contribution in [0.3, 0.4) is 0 Å². The van der Waals surface area contributed by atoms with Crippen molar-refractivity contribution in [2.45, 2.75) is 13.8 Å². The molecule has 0 heterocycles. The molecule has 6 heteroatoms. The lowest BCUT2D eigenvalue weighted by Gasteiger charge is -2.11. The molecule has 0 atom stereocenters. The third kappa shape index (κ3) is 4.18. The van der Waals surface area contributed by atoms with Gasteiger partial charge in [0, 0.05) is 12.2 Å². The van der Waals surface area contributed by atoms with Crippen LogP contribution in [0.25, 0.3) is 0 Å². The summed E-state index contributed by atoms with van der Waals surface area (Å²) in [5.74, 6) is 0. The van der Waals surface area contributed by atoms with E-state index >= 15 is 0 Å². The van der Waals surface area contributed by atoms with Gasteiger partial charge in [0.05, 0.1) is 6.61 Å². The van der Waals surface area contributed by atoms with Crippen molar-refractivity contribution >= 4 is 16.1 Å². The molecule has 0 fully saturated rings. The van der Waals surface area contributed by atoms with Gasteiger partial charge in [-0.1, -0.05) is 18.2 Å².